The second kappa shape index (κ2) is 5.23. The van der Waals surface area contributed by atoms with Gasteiger partial charge >= 0.3 is 5.97 Å². The third-order valence-electron chi connectivity index (χ3n) is 3.27. The van der Waals surface area contributed by atoms with Crippen molar-refractivity contribution in [2.24, 2.45) is 0 Å². The van der Waals surface area contributed by atoms with Gasteiger partial charge in [-0.05, 0) is 6.07 Å². The first-order valence-corrected chi connectivity index (χ1v) is 5.80. The highest BCUT2D eigenvalue weighted by Gasteiger charge is 2.39. The Balaban J connectivity index is 2.39. The number of hydrogen-bond acceptors (Lipinski definition) is 5. The van der Waals surface area contributed by atoms with Crippen molar-refractivity contribution < 1.29 is 19.6 Å². The first kappa shape index (κ1) is 13.3. The number of anilines is 1. The third-order valence-corrected chi connectivity index (χ3v) is 3.27. The monoisotopic (exact) mass is 266 g/mol. The second-order valence-electron chi connectivity index (χ2n) is 4.35. The van der Waals surface area contributed by atoms with Gasteiger partial charge in [-0.15, -0.1) is 0 Å². The smallest absolute Gasteiger partial charge is 0.326 e. The predicted molar refractivity (Wildman–Crippen MR) is 67.3 cm³/mol. The van der Waals surface area contributed by atoms with E-state index in [1.165, 1.54) is 18.1 Å². The molecule has 2 unspecified atom stereocenters. The SMILES string of the molecule is COC1CC(C(=O)O)N(c2ccccc2[N+](=O)[O-])C1. The number of carboxylic acid groups (broad SMARTS) is 1. The Kier molecular flexibility index (Phi) is 3.66. The molecule has 1 saturated heterocycles. The van der Waals surface area contributed by atoms with Crippen LogP contribution in [0.25, 0.3) is 0 Å². The van der Waals surface area contributed by atoms with Crippen LogP contribution in [0.15, 0.2) is 24.3 Å². The number of carboxylic acids is 1. The van der Waals surface area contributed by atoms with Crippen molar-refractivity contribution in [3.05, 3.63) is 34.4 Å². The zero-order valence-corrected chi connectivity index (χ0v) is 10.4. The van der Waals surface area contributed by atoms with Gasteiger partial charge in [-0.25, -0.2) is 4.79 Å². The molecule has 0 saturated carbocycles. The average Bonchev–Trinajstić information content (AvgIpc) is 2.83. The number of nitro benzene ring substituents is 1. The van der Waals surface area contributed by atoms with E-state index in [0.717, 1.165) is 0 Å². The van der Waals surface area contributed by atoms with E-state index in [4.69, 9.17) is 4.74 Å². The van der Waals surface area contributed by atoms with E-state index in [1.807, 2.05) is 0 Å². The lowest BCUT2D eigenvalue weighted by Gasteiger charge is -2.22. The standard InChI is InChI=1S/C12H14N2O5/c1-19-8-6-11(12(15)16)13(7-8)9-4-2-3-5-10(9)14(17)18/h2-5,8,11H,6-7H2,1H3,(H,15,16). The van der Waals surface area contributed by atoms with Crippen molar-refractivity contribution in [2.45, 2.75) is 18.6 Å². The summed E-state index contributed by atoms with van der Waals surface area (Å²) < 4.78 is 5.17. The van der Waals surface area contributed by atoms with Crippen molar-refractivity contribution in [1.82, 2.24) is 0 Å². The molecule has 0 aliphatic carbocycles. The molecule has 0 aromatic heterocycles. The molecule has 1 aliphatic heterocycles. The van der Waals surface area contributed by atoms with Gasteiger partial charge in [0.1, 0.15) is 11.7 Å². The van der Waals surface area contributed by atoms with Gasteiger partial charge in [-0.2, -0.15) is 0 Å². The molecule has 7 heteroatoms. The van der Waals surface area contributed by atoms with Crippen LogP contribution in [0.2, 0.25) is 0 Å². The maximum Gasteiger partial charge on any atom is 0.326 e. The highest BCUT2D eigenvalue weighted by molar-refractivity contribution is 5.81. The molecule has 2 rings (SSSR count). The summed E-state index contributed by atoms with van der Waals surface area (Å²) in [6, 6.07) is 5.34. The normalized spacial score (nSPS) is 22.5. The Labute approximate surface area is 109 Å². The molecule has 0 spiro atoms. The number of aliphatic carboxylic acids is 1. The van der Waals surface area contributed by atoms with Gasteiger partial charge in [0.2, 0.25) is 0 Å². The fourth-order valence-electron chi connectivity index (χ4n) is 2.33. The lowest BCUT2D eigenvalue weighted by Crippen LogP contribution is -2.36. The molecule has 0 bridgehead atoms. The number of carbonyl (C=O) groups is 1. The number of benzene rings is 1. The predicted octanol–water partition coefficient (Wildman–Crippen LogP) is 1.27. The summed E-state index contributed by atoms with van der Waals surface area (Å²) in [6.45, 7) is 0.332. The van der Waals surface area contributed by atoms with Crippen molar-refractivity contribution >= 4 is 17.3 Å². The van der Waals surface area contributed by atoms with Gasteiger partial charge in [0.25, 0.3) is 5.69 Å². The van der Waals surface area contributed by atoms with Crippen LogP contribution in [0.5, 0.6) is 0 Å². The maximum absolute atomic E-state index is 11.3. The maximum atomic E-state index is 11.3. The molecule has 0 amide bonds. The molecule has 0 radical (unpaired) electrons. The fraction of sp³-hybridized carbons (Fsp3) is 0.417. The molecule has 1 N–H and O–H groups in total. The number of hydrogen-bond donors (Lipinski definition) is 1. The molecule has 1 aromatic rings. The van der Waals surface area contributed by atoms with Gasteiger partial charge in [0.15, 0.2) is 0 Å². The quantitative estimate of drug-likeness (QED) is 0.651. The van der Waals surface area contributed by atoms with Crippen LogP contribution in [0.1, 0.15) is 6.42 Å². The molecular weight excluding hydrogens is 252 g/mol. The van der Waals surface area contributed by atoms with Crippen molar-refractivity contribution in [1.29, 1.82) is 0 Å². The molecule has 2 atom stereocenters. The Bertz CT molecular complexity index is 505. The third kappa shape index (κ3) is 2.50. The van der Waals surface area contributed by atoms with Gasteiger partial charge in [-0.1, -0.05) is 12.1 Å². The van der Waals surface area contributed by atoms with Crippen LogP contribution >= 0.6 is 0 Å². The van der Waals surface area contributed by atoms with E-state index >= 15 is 0 Å². The summed E-state index contributed by atoms with van der Waals surface area (Å²) in [4.78, 5) is 23.3. The Hall–Kier alpha value is -2.15. The summed E-state index contributed by atoms with van der Waals surface area (Å²) >= 11 is 0. The minimum atomic E-state index is -1.00. The molecular formula is C12H14N2O5. The molecule has 1 heterocycles. The number of rotatable bonds is 4. The first-order valence-electron chi connectivity index (χ1n) is 5.80. The van der Waals surface area contributed by atoms with Crippen LogP contribution in [-0.2, 0) is 9.53 Å². The van der Waals surface area contributed by atoms with Gasteiger partial charge in [0, 0.05) is 26.1 Å². The van der Waals surface area contributed by atoms with Crippen molar-refractivity contribution in [2.75, 3.05) is 18.6 Å². The number of nitrogens with zero attached hydrogens (tertiary/aromatic N) is 2. The van der Waals surface area contributed by atoms with Crippen molar-refractivity contribution in [3.8, 4) is 0 Å². The van der Waals surface area contributed by atoms with Crippen LogP contribution in [0.4, 0.5) is 11.4 Å². The average molecular weight is 266 g/mol. The zero-order valence-electron chi connectivity index (χ0n) is 10.4. The number of methoxy groups -OCH3 is 1. The van der Waals surface area contributed by atoms with Crippen LogP contribution in [0.3, 0.4) is 0 Å². The van der Waals surface area contributed by atoms with Gasteiger partial charge < -0.3 is 14.7 Å². The van der Waals surface area contributed by atoms with Crippen LogP contribution in [-0.4, -0.2) is 41.8 Å². The minimum absolute atomic E-state index is 0.0921. The summed E-state index contributed by atoms with van der Waals surface area (Å²) in [7, 11) is 1.51. The van der Waals surface area contributed by atoms with Crippen molar-refractivity contribution in [3.63, 3.8) is 0 Å². The Morgan fingerprint density at radius 2 is 2.21 bits per heavy atom. The van der Waals surface area contributed by atoms with E-state index in [0.29, 0.717) is 18.7 Å². The molecule has 1 fully saturated rings. The van der Waals surface area contributed by atoms with E-state index in [-0.39, 0.29) is 11.8 Å². The molecule has 1 aliphatic rings. The van der Waals surface area contributed by atoms with Crippen LogP contribution < -0.4 is 4.90 Å². The number of ether oxygens (including phenoxy) is 1. The second-order valence-corrected chi connectivity index (χ2v) is 4.35. The van der Waals surface area contributed by atoms with Gasteiger partial charge in [0.05, 0.1) is 11.0 Å². The summed E-state index contributed by atoms with van der Waals surface area (Å²) in [5, 5.41) is 20.2. The Morgan fingerprint density at radius 1 is 1.53 bits per heavy atom. The lowest BCUT2D eigenvalue weighted by atomic mass is 10.2. The molecule has 19 heavy (non-hydrogen) atoms. The van der Waals surface area contributed by atoms with Gasteiger partial charge in [-0.3, -0.25) is 10.1 Å². The summed E-state index contributed by atoms with van der Waals surface area (Å²) in [5.41, 5.74) is 0.227. The molecule has 102 valence electrons. The number of para-hydroxylation sites is 2. The van der Waals surface area contributed by atoms with E-state index in [9.17, 15) is 20.0 Å². The zero-order chi connectivity index (χ0) is 14.0. The Morgan fingerprint density at radius 3 is 2.79 bits per heavy atom. The number of nitro groups is 1. The lowest BCUT2D eigenvalue weighted by molar-refractivity contribution is -0.384. The van der Waals surface area contributed by atoms with E-state index in [2.05, 4.69) is 0 Å². The fourth-order valence-corrected chi connectivity index (χ4v) is 2.33. The summed E-state index contributed by atoms with van der Waals surface area (Å²) in [5.74, 6) is -1.00. The van der Waals surface area contributed by atoms with E-state index < -0.39 is 16.9 Å². The first-order chi connectivity index (χ1) is 9.04. The van der Waals surface area contributed by atoms with Crippen LogP contribution in [0, 0.1) is 10.1 Å². The van der Waals surface area contributed by atoms with E-state index in [1.54, 1.807) is 18.2 Å². The highest BCUT2D eigenvalue weighted by atomic mass is 16.6. The minimum Gasteiger partial charge on any atom is -0.480 e. The molecule has 1 aromatic carbocycles. The topological polar surface area (TPSA) is 92.9 Å². The highest BCUT2D eigenvalue weighted by Crippen LogP contribution is 2.34. The molecule has 7 nitrogen and oxygen atoms in total. The summed E-state index contributed by atoms with van der Waals surface area (Å²) in [6.07, 6.45) is 0.0821. The largest absolute Gasteiger partial charge is 0.480 e.